The molecule has 0 rings (SSSR count). The first-order valence-electron chi connectivity index (χ1n) is 24.2. The quantitative estimate of drug-likeness (QED) is 0.0196. The van der Waals surface area contributed by atoms with Gasteiger partial charge in [0.1, 0.15) is 19.8 Å². The van der Waals surface area contributed by atoms with Crippen LogP contribution in [0.5, 0.6) is 0 Å². The highest BCUT2D eigenvalue weighted by Crippen LogP contribution is 2.38. The molecule has 0 saturated carbocycles. The standard InChI is InChI=1S/C49H92NO8P/c1-6-8-10-12-14-16-17-18-19-20-21-22-23-24-25-26-27-28-29-30-31-32-33-34-36-38-40-42-49(52)58-47(46-57-59(53,54)56-44-43-50(3,4)5)45-55-48(51)41-39-37-35-15-13-11-9-7-2/h17-18,20-21,23-24,47H,6-16,19,22,25-46H2,1-5H3/b18-17-,21-20-,24-23-. The molecule has 0 aromatic rings. The summed E-state index contributed by atoms with van der Waals surface area (Å²) in [5.41, 5.74) is 0. The highest BCUT2D eigenvalue weighted by atomic mass is 31.2. The molecular weight excluding hydrogens is 762 g/mol. The van der Waals surface area contributed by atoms with Crippen LogP contribution in [-0.4, -0.2) is 70.0 Å². The molecule has 0 aromatic carbocycles. The van der Waals surface area contributed by atoms with Crippen molar-refractivity contribution < 1.29 is 42.1 Å². The molecule has 0 aromatic heterocycles. The first kappa shape index (κ1) is 57.2. The van der Waals surface area contributed by atoms with E-state index in [1.165, 1.54) is 128 Å². The van der Waals surface area contributed by atoms with E-state index in [4.69, 9.17) is 18.5 Å². The van der Waals surface area contributed by atoms with Gasteiger partial charge >= 0.3 is 11.9 Å². The number of unbranched alkanes of at least 4 members (excludes halogenated alkanes) is 24. The van der Waals surface area contributed by atoms with Crippen LogP contribution in [0.25, 0.3) is 0 Å². The molecule has 0 amide bonds. The Morgan fingerprint density at radius 3 is 1.36 bits per heavy atom. The third-order valence-electron chi connectivity index (χ3n) is 10.4. The number of carbonyl (C=O) groups is 2. The van der Waals surface area contributed by atoms with E-state index >= 15 is 0 Å². The number of likely N-dealkylation sites (N-methyl/N-ethyl adjacent to an activating group) is 1. The van der Waals surface area contributed by atoms with Gasteiger partial charge in [0, 0.05) is 12.8 Å². The highest BCUT2D eigenvalue weighted by molar-refractivity contribution is 7.45. The van der Waals surface area contributed by atoms with Gasteiger partial charge in [-0.05, 0) is 51.4 Å². The number of hydrogen-bond donors (Lipinski definition) is 0. The lowest BCUT2D eigenvalue weighted by molar-refractivity contribution is -0.870. The maximum Gasteiger partial charge on any atom is 0.306 e. The number of carbonyl (C=O) groups excluding carboxylic acids is 2. The monoisotopic (exact) mass is 854 g/mol. The second-order valence-corrected chi connectivity index (χ2v) is 18.9. The summed E-state index contributed by atoms with van der Waals surface area (Å²) in [7, 11) is 1.17. The highest BCUT2D eigenvalue weighted by Gasteiger charge is 2.21. The van der Waals surface area contributed by atoms with E-state index in [0.717, 1.165) is 51.4 Å². The van der Waals surface area contributed by atoms with Gasteiger partial charge in [-0.3, -0.25) is 14.2 Å². The Morgan fingerprint density at radius 1 is 0.525 bits per heavy atom. The predicted octanol–water partition coefficient (Wildman–Crippen LogP) is 13.5. The molecule has 10 heteroatoms. The van der Waals surface area contributed by atoms with E-state index in [0.29, 0.717) is 17.4 Å². The van der Waals surface area contributed by atoms with Crippen LogP contribution < -0.4 is 4.89 Å². The molecule has 2 unspecified atom stereocenters. The lowest BCUT2D eigenvalue weighted by Crippen LogP contribution is -2.37. The zero-order valence-electron chi connectivity index (χ0n) is 39.0. The van der Waals surface area contributed by atoms with Gasteiger partial charge in [-0.1, -0.05) is 185 Å². The van der Waals surface area contributed by atoms with Crippen LogP contribution >= 0.6 is 7.82 Å². The normalized spacial score (nSPS) is 13.8. The van der Waals surface area contributed by atoms with Crippen LogP contribution in [0.4, 0.5) is 0 Å². The van der Waals surface area contributed by atoms with Gasteiger partial charge in [0.25, 0.3) is 7.82 Å². The van der Waals surface area contributed by atoms with Gasteiger partial charge in [0.15, 0.2) is 6.10 Å². The number of allylic oxidation sites excluding steroid dienone is 6. The average Bonchev–Trinajstić information content (AvgIpc) is 3.19. The number of nitrogens with zero attached hydrogens (tertiary/aromatic N) is 1. The molecule has 0 fully saturated rings. The third kappa shape index (κ3) is 45.6. The molecule has 9 nitrogen and oxygen atoms in total. The number of ether oxygens (including phenoxy) is 2. The number of rotatable bonds is 44. The lowest BCUT2D eigenvalue weighted by Gasteiger charge is -2.28. The summed E-state index contributed by atoms with van der Waals surface area (Å²) < 4.78 is 33.9. The van der Waals surface area contributed by atoms with Gasteiger partial charge in [-0.15, -0.1) is 0 Å². The van der Waals surface area contributed by atoms with Crippen LogP contribution in [0.3, 0.4) is 0 Å². The molecule has 0 N–H and O–H groups in total. The molecule has 346 valence electrons. The maximum absolute atomic E-state index is 12.7. The van der Waals surface area contributed by atoms with Crippen molar-refractivity contribution in [1.82, 2.24) is 0 Å². The van der Waals surface area contributed by atoms with Crippen LogP contribution in [0.2, 0.25) is 0 Å². The molecule has 59 heavy (non-hydrogen) atoms. The Balaban J connectivity index is 4.10. The minimum atomic E-state index is -4.62. The van der Waals surface area contributed by atoms with Crippen LogP contribution in [0.1, 0.15) is 213 Å². The molecule has 0 saturated heterocycles. The summed E-state index contributed by atoms with van der Waals surface area (Å²) in [6.07, 6.45) is 47.7. The van der Waals surface area contributed by atoms with E-state index in [1.807, 2.05) is 21.1 Å². The van der Waals surface area contributed by atoms with Crippen LogP contribution in [0, 0.1) is 0 Å². The van der Waals surface area contributed by atoms with Gasteiger partial charge in [-0.2, -0.15) is 0 Å². The Morgan fingerprint density at radius 2 is 0.915 bits per heavy atom. The Kier molecular flexibility index (Phi) is 40.3. The molecule has 0 radical (unpaired) electrons. The maximum atomic E-state index is 12.7. The predicted molar refractivity (Wildman–Crippen MR) is 245 cm³/mol. The van der Waals surface area contributed by atoms with Crippen molar-refractivity contribution in [2.75, 3.05) is 47.5 Å². The average molecular weight is 854 g/mol. The first-order valence-corrected chi connectivity index (χ1v) is 25.7. The lowest BCUT2D eigenvalue weighted by atomic mass is 10.0. The summed E-state index contributed by atoms with van der Waals surface area (Å²) in [5.74, 6) is -0.837. The SMILES string of the molecule is CCCCCCC/C=C\C/C=C\C/C=C\CCCCCCCCCCCCCCC(=O)OC(COC(=O)CCCCCCCCCC)COP(=O)([O-])OCC[N+](C)(C)C. The van der Waals surface area contributed by atoms with Gasteiger partial charge in [0.2, 0.25) is 0 Å². The topological polar surface area (TPSA) is 111 Å². The van der Waals surface area contributed by atoms with Crippen molar-refractivity contribution in [3.8, 4) is 0 Å². The van der Waals surface area contributed by atoms with Crippen molar-refractivity contribution in [3.63, 3.8) is 0 Å². The second kappa shape index (κ2) is 41.6. The summed E-state index contributed by atoms with van der Waals surface area (Å²) in [4.78, 5) is 37.4. The third-order valence-corrected chi connectivity index (χ3v) is 11.4. The van der Waals surface area contributed by atoms with E-state index in [9.17, 15) is 19.0 Å². The second-order valence-electron chi connectivity index (χ2n) is 17.5. The zero-order valence-corrected chi connectivity index (χ0v) is 39.8. The fourth-order valence-corrected chi connectivity index (χ4v) is 7.33. The summed E-state index contributed by atoms with van der Waals surface area (Å²) in [6, 6.07) is 0. The zero-order chi connectivity index (χ0) is 43.6. The van der Waals surface area contributed by atoms with Gasteiger partial charge in [-0.25, -0.2) is 0 Å². The molecule has 0 aliphatic heterocycles. The molecule has 0 aliphatic carbocycles. The molecule has 0 aliphatic rings. The van der Waals surface area contributed by atoms with Crippen LogP contribution in [-0.2, 0) is 32.7 Å². The summed E-state index contributed by atoms with van der Waals surface area (Å²) in [6.45, 7) is 4.19. The molecule has 0 bridgehead atoms. The first-order chi connectivity index (χ1) is 28.5. The van der Waals surface area contributed by atoms with E-state index in [2.05, 4.69) is 50.3 Å². The molecule has 2 atom stereocenters. The molecular formula is C49H92NO8P. The van der Waals surface area contributed by atoms with Crippen molar-refractivity contribution in [3.05, 3.63) is 36.5 Å². The molecule has 0 spiro atoms. The van der Waals surface area contributed by atoms with Crippen molar-refractivity contribution in [2.45, 2.75) is 219 Å². The van der Waals surface area contributed by atoms with E-state index in [1.54, 1.807) is 0 Å². The Labute approximate surface area is 363 Å². The van der Waals surface area contributed by atoms with Gasteiger partial charge in [0.05, 0.1) is 27.7 Å². The number of phosphoric ester groups is 1. The number of esters is 2. The minimum absolute atomic E-state index is 0.0302. The largest absolute Gasteiger partial charge is 0.756 e. The summed E-state index contributed by atoms with van der Waals surface area (Å²) in [5, 5.41) is 0. The number of phosphoric acid groups is 1. The number of quaternary nitrogens is 1. The number of hydrogen-bond acceptors (Lipinski definition) is 8. The Hall–Kier alpha value is -1.77. The smallest absolute Gasteiger partial charge is 0.306 e. The molecule has 0 heterocycles. The fraction of sp³-hybridized carbons (Fsp3) is 0.837. The van der Waals surface area contributed by atoms with Crippen LogP contribution in [0.15, 0.2) is 36.5 Å². The van der Waals surface area contributed by atoms with Crippen molar-refractivity contribution >= 4 is 19.8 Å². The van der Waals surface area contributed by atoms with Gasteiger partial charge < -0.3 is 27.9 Å². The minimum Gasteiger partial charge on any atom is -0.756 e. The van der Waals surface area contributed by atoms with Crippen molar-refractivity contribution in [1.29, 1.82) is 0 Å². The van der Waals surface area contributed by atoms with E-state index in [-0.39, 0.29) is 32.0 Å². The Bertz CT molecular complexity index is 1100. The van der Waals surface area contributed by atoms with Crippen molar-refractivity contribution in [2.24, 2.45) is 0 Å². The summed E-state index contributed by atoms with van der Waals surface area (Å²) >= 11 is 0. The van der Waals surface area contributed by atoms with E-state index < -0.39 is 26.5 Å². The fourth-order valence-electron chi connectivity index (χ4n) is 6.60.